The van der Waals surface area contributed by atoms with E-state index in [0.29, 0.717) is 11.4 Å². The average Bonchev–Trinajstić information content (AvgIpc) is 2.36. The average molecular weight is 287 g/mol. The largest absolute Gasteiger partial charge is 0.398 e. The fourth-order valence-corrected chi connectivity index (χ4v) is 4.09. The molecular weight excluding hydrogens is 266 g/mol. The van der Waals surface area contributed by atoms with Crippen molar-refractivity contribution in [1.29, 1.82) is 0 Å². The second-order valence-electron chi connectivity index (χ2n) is 5.34. The van der Waals surface area contributed by atoms with Crippen LogP contribution in [0, 0.1) is 27.7 Å². The summed E-state index contributed by atoms with van der Waals surface area (Å²) in [7, 11) is -1.06. The monoisotopic (exact) mass is 287 g/mol. The number of rotatable bonds is 3. The van der Waals surface area contributed by atoms with E-state index in [1.807, 2.05) is 25.1 Å². The molecule has 2 aromatic rings. The molecule has 2 N–H and O–H groups in total. The summed E-state index contributed by atoms with van der Waals surface area (Å²) in [6, 6.07) is 9.90. The molecule has 0 spiro atoms. The van der Waals surface area contributed by atoms with Gasteiger partial charge in [-0.3, -0.25) is 4.21 Å². The maximum absolute atomic E-state index is 12.6. The summed E-state index contributed by atoms with van der Waals surface area (Å²) in [5.41, 5.74) is 12.4. The summed E-state index contributed by atoms with van der Waals surface area (Å²) in [5.74, 6) is 0.544. The molecule has 1 atom stereocenters. The van der Waals surface area contributed by atoms with Gasteiger partial charge in [0, 0.05) is 10.6 Å². The summed E-state index contributed by atoms with van der Waals surface area (Å²) in [6.07, 6.45) is 0. The van der Waals surface area contributed by atoms with E-state index in [2.05, 4.69) is 32.9 Å². The normalized spacial score (nSPS) is 12.4. The van der Waals surface area contributed by atoms with Crippen molar-refractivity contribution in [2.24, 2.45) is 0 Å². The zero-order chi connectivity index (χ0) is 14.9. The van der Waals surface area contributed by atoms with Crippen molar-refractivity contribution < 1.29 is 4.21 Å². The van der Waals surface area contributed by atoms with E-state index < -0.39 is 10.8 Å². The Labute approximate surface area is 123 Å². The van der Waals surface area contributed by atoms with E-state index in [-0.39, 0.29) is 0 Å². The third kappa shape index (κ3) is 2.93. The topological polar surface area (TPSA) is 43.1 Å². The molecule has 106 valence electrons. The van der Waals surface area contributed by atoms with E-state index in [4.69, 9.17) is 5.73 Å². The minimum Gasteiger partial charge on any atom is -0.398 e. The summed E-state index contributed by atoms with van der Waals surface area (Å²) in [4.78, 5) is 0.837. The molecule has 0 aromatic heterocycles. The second-order valence-corrected chi connectivity index (χ2v) is 6.76. The lowest BCUT2D eigenvalue weighted by molar-refractivity contribution is 0.682. The summed E-state index contributed by atoms with van der Waals surface area (Å²) >= 11 is 0. The Bertz CT molecular complexity index is 654. The molecule has 1 unspecified atom stereocenters. The minimum atomic E-state index is -1.06. The lowest BCUT2D eigenvalue weighted by Gasteiger charge is -2.13. The zero-order valence-corrected chi connectivity index (χ0v) is 13.3. The number of hydrogen-bond acceptors (Lipinski definition) is 2. The summed E-state index contributed by atoms with van der Waals surface area (Å²) in [5, 5.41) is 0. The Morgan fingerprint density at radius 1 is 1.05 bits per heavy atom. The highest BCUT2D eigenvalue weighted by atomic mass is 32.2. The highest BCUT2D eigenvalue weighted by molar-refractivity contribution is 7.84. The van der Waals surface area contributed by atoms with Gasteiger partial charge in [0.1, 0.15) is 0 Å². The van der Waals surface area contributed by atoms with Crippen molar-refractivity contribution in [2.45, 2.75) is 38.3 Å². The van der Waals surface area contributed by atoms with E-state index in [0.717, 1.165) is 10.5 Å². The molecule has 0 fully saturated rings. The van der Waals surface area contributed by atoms with Crippen LogP contribution in [0.25, 0.3) is 0 Å². The third-order valence-electron chi connectivity index (χ3n) is 3.69. The van der Waals surface area contributed by atoms with Crippen molar-refractivity contribution in [2.75, 3.05) is 5.73 Å². The SMILES string of the molecule is Cc1cc(C)c(CS(=O)c2cccc(N)c2C)c(C)c1. The van der Waals surface area contributed by atoms with Crippen LogP contribution in [0.3, 0.4) is 0 Å². The van der Waals surface area contributed by atoms with Gasteiger partial charge in [-0.25, -0.2) is 0 Å². The number of anilines is 1. The highest BCUT2D eigenvalue weighted by Gasteiger charge is 2.13. The smallest absolute Gasteiger partial charge is 0.0577 e. The second kappa shape index (κ2) is 5.80. The Balaban J connectivity index is 2.36. The van der Waals surface area contributed by atoms with E-state index in [9.17, 15) is 4.21 Å². The fourth-order valence-electron chi connectivity index (χ4n) is 2.52. The number of aryl methyl sites for hydroxylation is 3. The molecule has 0 radical (unpaired) electrons. The standard InChI is InChI=1S/C17H21NOS/c1-11-8-12(2)15(13(3)9-11)10-20(19)17-7-5-6-16(18)14(17)4/h5-9H,10,18H2,1-4H3. The molecule has 2 rings (SSSR count). The first-order valence-corrected chi connectivity index (χ1v) is 8.02. The first-order chi connectivity index (χ1) is 9.40. The molecule has 0 bridgehead atoms. The maximum atomic E-state index is 12.6. The predicted octanol–water partition coefficient (Wildman–Crippen LogP) is 3.81. The van der Waals surface area contributed by atoms with Gasteiger partial charge in [-0.05, 0) is 62.1 Å². The van der Waals surface area contributed by atoms with Gasteiger partial charge in [0.2, 0.25) is 0 Å². The van der Waals surface area contributed by atoms with Crippen LogP contribution in [0.1, 0.15) is 27.8 Å². The van der Waals surface area contributed by atoms with Crippen molar-refractivity contribution in [3.05, 3.63) is 58.1 Å². The van der Waals surface area contributed by atoms with Crippen LogP contribution in [-0.2, 0) is 16.6 Å². The number of nitrogen functional groups attached to an aromatic ring is 1. The molecule has 0 amide bonds. The molecular formula is C17H21NOS. The maximum Gasteiger partial charge on any atom is 0.0577 e. The van der Waals surface area contributed by atoms with Gasteiger partial charge in [-0.15, -0.1) is 0 Å². The zero-order valence-electron chi connectivity index (χ0n) is 12.5. The molecule has 0 aliphatic rings. The lowest BCUT2D eigenvalue weighted by Crippen LogP contribution is -2.04. The van der Waals surface area contributed by atoms with Crippen molar-refractivity contribution in [3.8, 4) is 0 Å². The first-order valence-electron chi connectivity index (χ1n) is 6.70. The predicted molar refractivity (Wildman–Crippen MR) is 86.4 cm³/mol. The Kier molecular flexibility index (Phi) is 4.29. The van der Waals surface area contributed by atoms with Crippen LogP contribution >= 0.6 is 0 Å². The highest BCUT2D eigenvalue weighted by Crippen LogP contribution is 2.24. The Morgan fingerprint density at radius 3 is 2.25 bits per heavy atom. The molecule has 2 nitrogen and oxygen atoms in total. The van der Waals surface area contributed by atoms with Gasteiger partial charge in [0.05, 0.1) is 16.6 Å². The van der Waals surface area contributed by atoms with Gasteiger partial charge in [0.15, 0.2) is 0 Å². The van der Waals surface area contributed by atoms with Gasteiger partial charge < -0.3 is 5.73 Å². The molecule has 0 aliphatic carbocycles. The summed E-state index contributed by atoms with van der Waals surface area (Å²) < 4.78 is 12.6. The van der Waals surface area contributed by atoms with Crippen LogP contribution in [0.5, 0.6) is 0 Å². The van der Waals surface area contributed by atoms with Crippen LogP contribution in [0.15, 0.2) is 35.2 Å². The molecule has 0 aliphatic heterocycles. The van der Waals surface area contributed by atoms with Gasteiger partial charge in [-0.1, -0.05) is 23.8 Å². The molecule has 0 saturated heterocycles. The van der Waals surface area contributed by atoms with Gasteiger partial charge in [-0.2, -0.15) is 0 Å². The third-order valence-corrected chi connectivity index (χ3v) is 5.17. The van der Waals surface area contributed by atoms with Crippen molar-refractivity contribution >= 4 is 16.5 Å². The van der Waals surface area contributed by atoms with Gasteiger partial charge >= 0.3 is 0 Å². The fraction of sp³-hybridized carbons (Fsp3) is 0.294. The number of hydrogen-bond donors (Lipinski definition) is 1. The number of benzene rings is 2. The van der Waals surface area contributed by atoms with Crippen LogP contribution in [0.4, 0.5) is 5.69 Å². The molecule has 0 heterocycles. The molecule has 20 heavy (non-hydrogen) atoms. The van der Waals surface area contributed by atoms with Crippen LogP contribution in [-0.4, -0.2) is 4.21 Å². The number of nitrogens with two attached hydrogens (primary N) is 1. The van der Waals surface area contributed by atoms with Crippen LogP contribution < -0.4 is 5.73 Å². The van der Waals surface area contributed by atoms with E-state index in [1.54, 1.807) is 0 Å². The van der Waals surface area contributed by atoms with E-state index in [1.165, 1.54) is 22.3 Å². The summed E-state index contributed by atoms with van der Waals surface area (Å²) in [6.45, 7) is 8.18. The molecule has 2 aromatic carbocycles. The quantitative estimate of drug-likeness (QED) is 0.872. The lowest BCUT2D eigenvalue weighted by atomic mass is 10.0. The van der Waals surface area contributed by atoms with E-state index >= 15 is 0 Å². The molecule has 0 saturated carbocycles. The van der Waals surface area contributed by atoms with Crippen LogP contribution in [0.2, 0.25) is 0 Å². The van der Waals surface area contributed by atoms with Crippen molar-refractivity contribution in [1.82, 2.24) is 0 Å². The van der Waals surface area contributed by atoms with Gasteiger partial charge in [0.25, 0.3) is 0 Å². The molecule has 3 heteroatoms. The Morgan fingerprint density at radius 2 is 1.65 bits per heavy atom. The van der Waals surface area contributed by atoms with Crippen molar-refractivity contribution in [3.63, 3.8) is 0 Å². The first kappa shape index (κ1) is 14.8. The Hall–Kier alpha value is -1.61. The minimum absolute atomic E-state index is 0.544.